The van der Waals surface area contributed by atoms with Crippen LogP contribution in [0, 0.1) is 19.3 Å². The van der Waals surface area contributed by atoms with Crippen molar-refractivity contribution in [1.29, 1.82) is 0 Å². The van der Waals surface area contributed by atoms with Crippen LogP contribution in [0.5, 0.6) is 11.5 Å². The van der Waals surface area contributed by atoms with Gasteiger partial charge in [-0.15, -0.1) is 0 Å². The van der Waals surface area contributed by atoms with Crippen LogP contribution in [-0.4, -0.2) is 114 Å². The first-order valence-electron chi connectivity index (χ1n) is 22.0. The highest BCUT2D eigenvalue weighted by atomic mass is 16.5. The number of nitrogens with zero attached hydrogens (tertiary/aromatic N) is 9. The van der Waals surface area contributed by atoms with E-state index >= 15 is 0 Å². The summed E-state index contributed by atoms with van der Waals surface area (Å²) < 4.78 is 24.5. The maximum Gasteiger partial charge on any atom is 0.278 e. The molecule has 0 aliphatic carbocycles. The van der Waals surface area contributed by atoms with Crippen molar-refractivity contribution in [3.63, 3.8) is 0 Å². The number of allylic oxidation sites excluding steroid dienone is 2. The summed E-state index contributed by atoms with van der Waals surface area (Å²) >= 11 is 0. The van der Waals surface area contributed by atoms with Gasteiger partial charge in [-0.1, -0.05) is 12.2 Å². The van der Waals surface area contributed by atoms with Crippen molar-refractivity contribution in [1.82, 2.24) is 43.6 Å². The van der Waals surface area contributed by atoms with Crippen molar-refractivity contribution >= 4 is 63.3 Å². The Morgan fingerprint density at radius 1 is 0.803 bits per heavy atom. The number of rotatable bonds is 17. The number of aryl methyl sites for hydroxylation is 4. The van der Waals surface area contributed by atoms with Crippen molar-refractivity contribution in [2.24, 2.45) is 16.9 Å². The van der Waals surface area contributed by atoms with E-state index in [1.165, 1.54) is 23.9 Å². The minimum absolute atomic E-state index is 0.139. The molecule has 66 heavy (non-hydrogen) atoms. The number of imidazole rings is 2. The lowest BCUT2D eigenvalue weighted by molar-refractivity contribution is 0.0189. The number of carbonyl (C=O) groups is 4. The topological polar surface area (TPSA) is 273 Å². The highest BCUT2D eigenvalue weighted by Crippen LogP contribution is 2.40. The van der Waals surface area contributed by atoms with Crippen LogP contribution in [0.4, 0.5) is 17.6 Å². The highest BCUT2D eigenvalue weighted by Gasteiger charge is 2.39. The van der Waals surface area contributed by atoms with Crippen LogP contribution in [0.1, 0.15) is 86.2 Å². The molecule has 0 saturated carbocycles. The number of anilines is 3. The first kappa shape index (κ1) is 45.3. The van der Waals surface area contributed by atoms with Crippen molar-refractivity contribution in [2.45, 2.75) is 73.1 Å². The van der Waals surface area contributed by atoms with Crippen molar-refractivity contribution < 1.29 is 33.4 Å². The van der Waals surface area contributed by atoms with Crippen molar-refractivity contribution in [3.05, 3.63) is 76.4 Å². The molecule has 2 aliphatic rings. The Kier molecular flexibility index (Phi) is 12.8. The number of nitrogen functional groups attached to an aromatic ring is 1. The number of hydrogen-bond donors (Lipinski definition) is 5. The van der Waals surface area contributed by atoms with Crippen LogP contribution in [0.2, 0.25) is 0 Å². The Hall–Kier alpha value is -7.26. The van der Waals surface area contributed by atoms with E-state index in [1.54, 1.807) is 38.9 Å². The monoisotopic (exact) mass is 904 g/mol. The number of benzene rings is 2. The maximum atomic E-state index is 13.9. The molecular weight excluding hydrogens is 849 g/mol. The Labute approximate surface area is 380 Å². The number of likely N-dealkylation sites (tertiary alicyclic amines) is 1. The molecule has 21 heteroatoms. The van der Waals surface area contributed by atoms with Gasteiger partial charge in [0.2, 0.25) is 23.7 Å². The predicted octanol–water partition coefficient (Wildman–Crippen LogP) is 3.87. The number of amides is 4. The molecular formula is C45H56N14O7. The minimum Gasteiger partial charge on any atom is -0.494 e. The average Bonchev–Trinajstić information content (AvgIpc) is 4.11. The summed E-state index contributed by atoms with van der Waals surface area (Å²) in [5.41, 5.74) is 22.1. The number of ether oxygens (including phenoxy) is 3. The molecule has 0 atom stereocenters. The quantitative estimate of drug-likeness (QED) is 0.0815. The predicted molar refractivity (Wildman–Crippen MR) is 247 cm³/mol. The Balaban J connectivity index is 1.14. The standard InChI is InChI=1S/C45H56N14O7/c1-6-58-32(20-26(3)53-58)41(62)51-43-50-31-22-29(40(48)61)24-34(66-19-16-55-15-10-45(25-55)11-17-65-18-12-45)37(31)57(43)14-9-8-13-56-36-30(21-28(39(47)60)23-33(36)64-5)49-44(56)52-42(63)38-35(46)27(4)54-59(38)7-2/h8-9,20-24H,6-7,10-19,25,46H2,1-5H3,(H2,47,60)(H2,48,61)(H,49,52,63)(H,50,51,62)/b9-8+. The largest absolute Gasteiger partial charge is 0.494 e. The van der Waals surface area contributed by atoms with Gasteiger partial charge in [-0.2, -0.15) is 10.2 Å². The van der Waals surface area contributed by atoms with Crippen LogP contribution >= 0.6 is 0 Å². The van der Waals surface area contributed by atoms with Gasteiger partial charge in [0.15, 0.2) is 0 Å². The van der Waals surface area contributed by atoms with E-state index in [0.29, 0.717) is 76.9 Å². The van der Waals surface area contributed by atoms with Crippen LogP contribution in [-0.2, 0) is 30.9 Å². The first-order chi connectivity index (χ1) is 31.7. The average molecular weight is 905 g/mol. The number of primary amides is 2. The van der Waals surface area contributed by atoms with Crippen LogP contribution < -0.4 is 37.3 Å². The van der Waals surface area contributed by atoms with Gasteiger partial charge in [0.05, 0.1) is 35.2 Å². The third kappa shape index (κ3) is 8.90. The summed E-state index contributed by atoms with van der Waals surface area (Å²) in [6.45, 7) is 12.9. The lowest BCUT2D eigenvalue weighted by Crippen LogP contribution is -2.34. The van der Waals surface area contributed by atoms with E-state index in [0.717, 1.165) is 45.6 Å². The molecule has 2 aliphatic heterocycles. The molecule has 1 spiro atoms. The zero-order valence-electron chi connectivity index (χ0n) is 37.8. The molecule has 6 heterocycles. The van der Waals surface area contributed by atoms with E-state index in [4.69, 9.17) is 41.4 Å². The SMILES string of the molecule is CCn1nc(C)cc1C(=O)Nc1nc2cc(C(N)=O)cc(OCCN3CCC4(CCOCC4)C3)c2n1C/C=C/Cn1c(NC(=O)c2c(N)c(C)nn2CC)nc2cc(C(N)=O)cc(OC)c21. The molecule has 6 aromatic rings. The van der Waals surface area contributed by atoms with Gasteiger partial charge < -0.3 is 40.5 Å². The second-order valence-electron chi connectivity index (χ2n) is 16.7. The summed E-state index contributed by atoms with van der Waals surface area (Å²) in [5.74, 6) is -1.30. The zero-order chi connectivity index (χ0) is 46.9. The van der Waals surface area contributed by atoms with Crippen LogP contribution in [0.15, 0.2) is 42.5 Å². The number of aromatic nitrogens is 8. The third-order valence-corrected chi connectivity index (χ3v) is 12.5. The molecule has 0 unspecified atom stereocenters. The molecule has 4 aromatic heterocycles. The Morgan fingerprint density at radius 2 is 1.39 bits per heavy atom. The van der Waals surface area contributed by atoms with E-state index in [1.807, 2.05) is 32.9 Å². The maximum absolute atomic E-state index is 13.9. The summed E-state index contributed by atoms with van der Waals surface area (Å²) in [6.07, 6.45) is 6.90. The molecule has 21 nitrogen and oxygen atoms in total. The Morgan fingerprint density at radius 3 is 1.98 bits per heavy atom. The van der Waals surface area contributed by atoms with E-state index < -0.39 is 23.6 Å². The minimum atomic E-state index is -0.680. The molecule has 0 radical (unpaired) electrons. The van der Waals surface area contributed by atoms with Crippen molar-refractivity contribution in [3.8, 4) is 11.5 Å². The third-order valence-electron chi connectivity index (χ3n) is 12.5. The smallest absolute Gasteiger partial charge is 0.278 e. The Bertz CT molecular complexity index is 2880. The second kappa shape index (κ2) is 18.7. The molecule has 8 N–H and O–H groups in total. The van der Waals surface area contributed by atoms with Gasteiger partial charge in [-0.3, -0.25) is 44.1 Å². The summed E-state index contributed by atoms with van der Waals surface area (Å²) in [4.78, 5) is 64.7. The number of methoxy groups -OCH3 is 1. The number of nitrogens with two attached hydrogens (primary N) is 3. The fraction of sp³-hybridized carbons (Fsp3) is 0.422. The molecule has 2 fully saturated rings. The fourth-order valence-corrected chi connectivity index (χ4v) is 8.99. The van der Waals surface area contributed by atoms with Gasteiger partial charge >= 0.3 is 0 Å². The first-order valence-corrected chi connectivity index (χ1v) is 22.0. The fourth-order valence-electron chi connectivity index (χ4n) is 8.99. The van der Waals surface area contributed by atoms with Gasteiger partial charge in [0.1, 0.15) is 40.5 Å². The summed E-state index contributed by atoms with van der Waals surface area (Å²) in [7, 11) is 1.46. The summed E-state index contributed by atoms with van der Waals surface area (Å²) in [5, 5.41) is 14.7. The molecule has 2 aromatic carbocycles. The summed E-state index contributed by atoms with van der Waals surface area (Å²) in [6, 6.07) is 7.92. The number of nitrogens with one attached hydrogen (secondary N) is 2. The van der Waals surface area contributed by atoms with E-state index in [-0.39, 0.29) is 52.9 Å². The second-order valence-corrected chi connectivity index (χ2v) is 16.7. The molecule has 2 saturated heterocycles. The number of carbonyl (C=O) groups excluding carboxylic acids is 4. The molecule has 4 amide bonds. The lowest BCUT2D eigenvalue weighted by atomic mass is 9.80. The molecule has 8 rings (SSSR count). The normalized spacial score (nSPS) is 15.0. The van der Waals surface area contributed by atoms with Crippen LogP contribution in [0.25, 0.3) is 22.1 Å². The number of fused-ring (bicyclic) bond motifs is 2. The molecule has 0 bridgehead atoms. The van der Waals surface area contributed by atoms with Gasteiger partial charge in [-0.25, -0.2) is 9.97 Å². The highest BCUT2D eigenvalue weighted by molar-refractivity contribution is 6.07. The molecule has 348 valence electrons. The lowest BCUT2D eigenvalue weighted by Gasteiger charge is -2.33. The van der Waals surface area contributed by atoms with Gasteiger partial charge in [0, 0.05) is 63.6 Å². The van der Waals surface area contributed by atoms with E-state index in [2.05, 4.69) is 25.7 Å². The van der Waals surface area contributed by atoms with Crippen molar-refractivity contribution in [2.75, 3.05) is 62.9 Å². The van der Waals surface area contributed by atoms with Crippen LogP contribution in [0.3, 0.4) is 0 Å². The van der Waals surface area contributed by atoms with E-state index in [9.17, 15) is 19.2 Å². The van der Waals surface area contributed by atoms with Gasteiger partial charge in [0.25, 0.3) is 11.8 Å². The number of hydrogen-bond acceptors (Lipinski definition) is 13. The zero-order valence-corrected chi connectivity index (χ0v) is 37.8. The van der Waals surface area contributed by atoms with Gasteiger partial charge in [-0.05, 0) is 89.2 Å².